The lowest BCUT2D eigenvalue weighted by Gasteiger charge is -2.03. The van der Waals surface area contributed by atoms with Gasteiger partial charge in [0.25, 0.3) is 0 Å². The van der Waals surface area contributed by atoms with Gasteiger partial charge in [-0.1, -0.05) is 6.92 Å². The lowest BCUT2D eigenvalue weighted by Crippen LogP contribution is -2.15. The van der Waals surface area contributed by atoms with Crippen molar-refractivity contribution < 1.29 is 14.4 Å². The Labute approximate surface area is 54.4 Å². The zero-order chi connectivity index (χ0) is 7.33. The molecule has 0 spiro atoms. The lowest BCUT2D eigenvalue weighted by atomic mass is 10.5. The quantitative estimate of drug-likeness (QED) is 0.396. The van der Waals surface area contributed by atoms with Crippen molar-refractivity contribution in [2.45, 2.75) is 13.3 Å². The average molecular weight is 153 g/mol. The molecule has 0 rings (SSSR count). The fraction of sp³-hybridized carbons (Fsp3) is 1.00. The fourth-order valence-corrected chi connectivity index (χ4v) is 0.851. The molecule has 0 amide bonds. The number of hydrogen-bond acceptors (Lipinski definition) is 2. The molecule has 9 heavy (non-hydrogen) atoms. The molecule has 5 heteroatoms. The van der Waals surface area contributed by atoms with Gasteiger partial charge in [-0.05, 0) is 13.0 Å². The highest BCUT2D eigenvalue weighted by atomic mass is 31.2. The molecule has 4 nitrogen and oxygen atoms in total. The van der Waals surface area contributed by atoms with Crippen LogP contribution in [0.1, 0.15) is 13.3 Å². The van der Waals surface area contributed by atoms with Crippen LogP contribution in [0, 0.1) is 0 Å². The SMILES string of the molecule is CCCNCP(=O)(O)O. The van der Waals surface area contributed by atoms with Crippen LogP contribution < -0.4 is 5.32 Å². The maximum Gasteiger partial charge on any atom is 0.339 e. The molecule has 0 atom stereocenters. The molecule has 0 saturated carbocycles. The Morgan fingerprint density at radius 3 is 2.44 bits per heavy atom. The van der Waals surface area contributed by atoms with E-state index in [0.717, 1.165) is 6.42 Å². The first kappa shape index (κ1) is 9.11. The van der Waals surface area contributed by atoms with Crippen LogP contribution in [0.2, 0.25) is 0 Å². The molecule has 0 saturated heterocycles. The molecule has 0 bridgehead atoms. The summed E-state index contributed by atoms with van der Waals surface area (Å²) in [5, 5.41) is 2.61. The van der Waals surface area contributed by atoms with Gasteiger partial charge >= 0.3 is 7.60 Å². The van der Waals surface area contributed by atoms with Crippen LogP contribution >= 0.6 is 7.60 Å². The van der Waals surface area contributed by atoms with E-state index in [1.807, 2.05) is 6.92 Å². The van der Waals surface area contributed by atoms with E-state index in [1.165, 1.54) is 0 Å². The predicted molar refractivity (Wildman–Crippen MR) is 35.2 cm³/mol. The first-order chi connectivity index (χ1) is 4.06. The van der Waals surface area contributed by atoms with Gasteiger partial charge in [0.2, 0.25) is 0 Å². The summed E-state index contributed by atoms with van der Waals surface area (Å²) in [5.74, 6) is 0. The Morgan fingerprint density at radius 1 is 1.56 bits per heavy atom. The van der Waals surface area contributed by atoms with Crippen molar-refractivity contribution in [2.24, 2.45) is 0 Å². The van der Waals surface area contributed by atoms with Gasteiger partial charge in [0.1, 0.15) is 0 Å². The van der Waals surface area contributed by atoms with Gasteiger partial charge in [-0.2, -0.15) is 0 Å². The molecular weight excluding hydrogens is 141 g/mol. The fourth-order valence-electron chi connectivity index (χ4n) is 0.401. The van der Waals surface area contributed by atoms with Crippen molar-refractivity contribution in [3.8, 4) is 0 Å². The first-order valence-electron chi connectivity index (χ1n) is 2.81. The Bertz CT molecular complexity index is 110. The average Bonchev–Trinajstić information content (AvgIpc) is 1.63. The van der Waals surface area contributed by atoms with Crippen LogP contribution in [0.4, 0.5) is 0 Å². The zero-order valence-electron chi connectivity index (χ0n) is 5.37. The van der Waals surface area contributed by atoms with E-state index < -0.39 is 7.60 Å². The van der Waals surface area contributed by atoms with Crippen LogP contribution in [0.25, 0.3) is 0 Å². The number of nitrogens with one attached hydrogen (secondary N) is 1. The zero-order valence-corrected chi connectivity index (χ0v) is 6.27. The predicted octanol–water partition coefficient (Wildman–Crippen LogP) is 0.121. The minimum Gasteiger partial charge on any atom is -0.324 e. The maximum absolute atomic E-state index is 10.1. The van der Waals surface area contributed by atoms with Crippen molar-refractivity contribution in [1.29, 1.82) is 0 Å². The van der Waals surface area contributed by atoms with Gasteiger partial charge < -0.3 is 15.1 Å². The highest BCUT2D eigenvalue weighted by Gasteiger charge is 2.09. The summed E-state index contributed by atoms with van der Waals surface area (Å²) >= 11 is 0. The van der Waals surface area contributed by atoms with Crippen molar-refractivity contribution in [3.05, 3.63) is 0 Å². The van der Waals surface area contributed by atoms with Gasteiger partial charge in [0, 0.05) is 0 Å². The van der Waals surface area contributed by atoms with E-state index in [1.54, 1.807) is 0 Å². The topological polar surface area (TPSA) is 69.6 Å². The summed E-state index contributed by atoms with van der Waals surface area (Å²) in [6, 6.07) is 0. The molecule has 0 aliphatic carbocycles. The third-order valence-electron chi connectivity index (χ3n) is 0.745. The monoisotopic (exact) mass is 153 g/mol. The second-order valence-electron chi connectivity index (χ2n) is 1.82. The Balaban J connectivity index is 3.18. The third kappa shape index (κ3) is 8.11. The van der Waals surface area contributed by atoms with Crippen molar-refractivity contribution >= 4 is 7.60 Å². The normalized spacial score (nSPS) is 11.9. The van der Waals surface area contributed by atoms with E-state index in [2.05, 4.69) is 5.32 Å². The van der Waals surface area contributed by atoms with Crippen molar-refractivity contribution in [3.63, 3.8) is 0 Å². The Morgan fingerprint density at radius 2 is 2.11 bits per heavy atom. The molecule has 0 fully saturated rings. The minimum atomic E-state index is -3.81. The number of hydrogen-bond donors (Lipinski definition) is 3. The van der Waals surface area contributed by atoms with Gasteiger partial charge in [0.05, 0.1) is 6.29 Å². The van der Waals surface area contributed by atoms with E-state index in [0.29, 0.717) is 6.54 Å². The van der Waals surface area contributed by atoms with Crippen LogP contribution in [0.3, 0.4) is 0 Å². The van der Waals surface area contributed by atoms with Crippen LogP contribution in [-0.4, -0.2) is 22.6 Å². The molecule has 0 aromatic heterocycles. The Kier molecular flexibility index (Phi) is 4.06. The smallest absolute Gasteiger partial charge is 0.324 e. The molecular formula is C4H12NO3P. The van der Waals surface area contributed by atoms with Crippen LogP contribution in [0.15, 0.2) is 0 Å². The maximum atomic E-state index is 10.1. The van der Waals surface area contributed by atoms with Crippen molar-refractivity contribution in [2.75, 3.05) is 12.8 Å². The highest BCUT2D eigenvalue weighted by Crippen LogP contribution is 2.31. The summed E-state index contributed by atoms with van der Waals surface area (Å²) in [7, 11) is -3.81. The van der Waals surface area contributed by atoms with Crippen LogP contribution in [-0.2, 0) is 4.57 Å². The van der Waals surface area contributed by atoms with E-state index >= 15 is 0 Å². The summed E-state index contributed by atoms with van der Waals surface area (Å²) in [6.07, 6.45) is 0.681. The molecule has 0 aromatic carbocycles. The molecule has 0 unspecified atom stereocenters. The molecule has 0 aliphatic heterocycles. The second kappa shape index (κ2) is 4.01. The molecule has 56 valence electrons. The molecule has 0 aromatic rings. The number of rotatable bonds is 4. The molecule has 0 radical (unpaired) electrons. The minimum absolute atomic E-state index is 0.208. The summed E-state index contributed by atoms with van der Waals surface area (Å²) < 4.78 is 10.1. The molecule has 3 N–H and O–H groups in total. The van der Waals surface area contributed by atoms with E-state index in [9.17, 15) is 4.57 Å². The summed E-state index contributed by atoms with van der Waals surface area (Å²) in [6.45, 7) is 2.60. The van der Waals surface area contributed by atoms with Gasteiger partial charge in [0.15, 0.2) is 0 Å². The largest absolute Gasteiger partial charge is 0.339 e. The molecule has 0 heterocycles. The second-order valence-corrected chi connectivity index (χ2v) is 3.47. The standard InChI is InChI=1S/C4H12NO3P/c1-2-3-5-4-9(6,7)8/h5H,2-4H2,1H3,(H2,6,7,8). The third-order valence-corrected chi connectivity index (χ3v) is 1.38. The van der Waals surface area contributed by atoms with E-state index in [4.69, 9.17) is 9.79 Å². The summed E-state index contributed by atoms with van der Waals surface area (Å²) in [4.78, 5) is 16.6. The molecule has 0 aliphatic rings. The van der Waals surface area contributed by atoms with Gasteiger partial charge in [-0.3, -0.25) is 4.57 Å². The van der Waals surface area contributed by atoms with Crippen molar-refractivity contribution in [1.82, 2.24) is 5.32 Å². The highest BCUT2D eigenvalue weighted by molar-refractivity contribution is 7.51. The van der Waals surface area contributed by atoms with Gasteiger partial charge in [-0.15, -0.1) is 0 Å². The first-order valence-corrected chi connectivity index (χ1v) is 4.61. The van der Waals surface area contributed by atoms with Gasteiger partial charge in [-0.25, -0.2) is 0 Å². The Hall–Kier alpha value is 0.110. The summed E-state index contributed by atoms with van der Waals surface area (Å²) in [5.41, 5.74) is 0. The van der Waals surface area contributed by atoms with Crippen LogP contribution in [0.5, 0.6) is 0 Å². The lowest BCUT2D eigenvalue weighted by molar-refractivity contribution is 0.368. The van der Waals surface area contributed by atoms with E-state index in [-0.39, 0.29) is 6.29 Å².